The van der Waals surface area contributed by atoms with Gasteiger partial charge in [-0.25, -0.2) is 19.3 Å². The molecule has 0 aliphatic rings. The molecule has 0 radical (unpaired) electrons. The Labute approximate surface area is 200 Å². The van der Waals surface area contributed by atoms with Crippen molar-refractivity contribution in [3.63, 3.8) is 0 Å². The minimum atomic E-state index is -0.445. The Morgan fingerprint density at radius 3 is 2.74 bits per heavy atom. The molecule has 34 heavy (non-hydrogen) atoms. The van der Waals surface area contributed by atoms with Gasteiger partial charge in [-0.1, -0.05) is 11.6 Å². The van der Waals surface area contributed by atoms with Gasteiger partial charge in [0.15, 0.2) is 11.5 Å². The molecule has 9 nitrogen and oxygen atoms in total. The van der Waals surface area contributed by atoms with Gasteiger partial charge in [-0.3, -0.25) is 9.20 Å². The number of halogens is 2. The maximum Gasteiger partial charge on any atom is 0.241 e. The predicted octanol–water partition coefficient (Wildman–Crippen LogP) is 3.86. The Balaban J connectivity index is 1.63. The first-order valence-electron chi connectivity index (χ1n) is 10.3. The molecule has 0 atom stereocenters. The number of hydrogen-bond donors (Lipinski definition) is 1. The van der Waals surface area contributed by atoms with Crippen LogP contribution in [0, 0.1) is 5.82 Å². The molecule has 3 heterocycles. The Morgan fingerprint density at radius 1 is 1.21 bits per heavy atom. The van der Waals surface area contributed by atoms with Crippen molar-refractivity contribution in [2.75, 3.05) is 45.0 Å². The standard InChI is InChI=1S/C23H23ClFN7O2/c1-30(2)20(33)13-31(3)14-7-8-17(19(10-14)34-4)28-23-27-11-15(24)21(29-23)18-12-26-22-16(25)6-5-9-32(18)22/h5-12H,13H2,1-4H3,(H,27,28,29). The second-order valence-corrected chi connectivity index (χ2v) is 8.14. The van der Waals surface area contributed by atoms with Crippen molar-refractivity contribution in [3.8, 4) is 17.1 Å². The van der Waals surface area contributed by atoms with Crippen LogP contribution in [0.15, 0.2) is 48.9 Å². The molecule has 1 N–H and O–H groups in total. The average molecular weight is 484 g/mol. The normalized spacial score (nSPS) is 10.9. The van der Waals surface area contributed by atoms with Gasteiger partial charge in [0, 0.05) is 39.1 Å². The number of fused-ring (bicyclic) bond motifs is 1. The van der Waals surface area contributed by atoms with Crippen molar-refractivity contribution in [1.29, 1.82) is 0 Å². The third-order valence-corrected chi connectivity index (χ3v) is 5.50. The number of carbonyl (C=O) groups excluding carboxylic acids is 1. The molecule has 0 fully saturated rings. The van der Waals surface area contributed by atoms with Crippen LogP contribution < -0.4 is 15.0 Å². The van der Waals surface area contributed by atoms with Gasteiger partial charge >= 0.3 is 0 Å². The molecule has 11 heteroatoms. The van der Waals surface area contributed by atoms with E-state index >= 15 is 0 Å². The topological polar surface area (TPSA) is 87.9 Å². The molecule has 4 rings (SSSR count). The van der Waals surface area contributed by atoms with Crippen molar-refractivity contribution >= 4 is 40.5 Å². The number of carbonyl (C=O) groups is 1. The number of amides is 1. The quantitative estimate of drug-likeness (QED) is 0.427. The lowest BCUT2D eigenvalue weighted by molar-refractivity contribution is -0.127. The number of nitrogens with zero attached hydrogens (tertiary/aromatic N) is 6. The van der Waals surface area contributed by atoms with Crippen molar-refractivity contribution in [2.24, 2.45) is 0 Å². The second-order valence-electron chi connectivity index (χ2n) is 7.74. The van der Waals surface area contributed by atoms with Crippen LogP contribution in [0.3, 0.4) is 0 Å². The summed E-state index contributed by atoms with van der Waals surface area (Å²) >= 11 is 6.36. The minimum Gasteiger partial charge on any atom is -0.494 e. The number of pyridine rings is 1. The highest BCUT2D eigenvalue weighted by atomic mass is 35.5. The minimum absolute atomic E-state index is 0.0157. The van der Waals surface area contributed by atoms with Crippen molar-refractivity contribution < 1.29 is 13.9 Å². The van der Waals surface area contributed by atoms with Crippen LogP contribution >= 0.6 is 11.6 Å². The molecular formula is C23H23ClFN7O2. The number of aromatic nitrogens is 4. The molecule has 176 valence electrons. The number of imidazole rings is 1. The Morgan fingerprint density at radius 2 is 2.00 bits per heavy atom. The third kappa shape index (κ3) is 4.58. The summed E-state index contributed by atoms with van der Waals surface area (Å²) in [6.45, 7) is 0.229. The first-order chi connectivity index (χ1) is 16.3. The van der Waals surface area contributed by atoms with Crippen molar-refractivity contribution in [3.05, 3.63) is 59.8 Å². The Kier molecular flexibility index (Phi) is 6.51. The van der Waals surface area contributed by atoms with E-state index < -0.39 is 5.82 Å². The highest BCUT2D eigenvalue weighted by molar-refractivity contribution is 6.32. The van der Waals surface area contributed by atoms with Crippen LogP contribution in [0.4, 0.5) is 21.7 Å². The fourth-order valence-corrected chi connectivity index (χ4v) is 3.52. The second kappa shape index (κ2) is 9.52. The van der Waals surface area contributed by atoms with E-state index in [9.17, 15) is 9.18 Å². The summed E-state index contributed by atoms with van der Waals surface area (Å²) < 4.78 is 21.2. The van der Waals surface area contributed by atoms with Gasteiger partial charge < -0.3 is 19.9 Å². The monoisotopic (exact) mass is 483 g/mol. The lowest BCUT2D eigenvalue weighted by Gasteiger charge is -2.22. The molecule has 0 unspecified atom stereocenters. The summed E-state index contributed by atoms with van der Waals surface area (Å²) in [7, 11) is 6.81. The smallest absolute Gasteiger partial charge is 0.241 e. The molecule has 0 saturated carbocycles. The molecule has 0 aliphatic heterocycles. The molecule has 1 aromatic carbocycles. The Hall–Kier alpha value is -3.92. The van der Waals surface area contributed by atoms with Crippen molar-refractivity contribution in [2.45, 2.75) is 0 Å². The molecule has 0 saturated heterocycles. The maximum atomic E-state index is 14.1. The van der Waals surface area contributed by atoms with Gasteiger partial charge in [-0.05, 0) is 24.3 Å². The number of rotatable bonds is 7. The number of hydrogen-bond acceptors (Lipinski definition) is 7. The van der Waals surface area contributed by atoms with Gasteiger partial charge in [0.2, 0.25) is 11.9 Å². The van der Waals surface area contributed by atoms with Gasteiger partial charge in [-0.2, -0.15) is 0 Å². The molecule has 3 aromatic heterocycles. The van der Waals surface area contributed by atoms with Gasteiger partial charge in [0.1, 0.15) is 11.4 Å². The van der Waals surface area contributed by atoms with E-state index in [1.54, 1.807) is 37.9 Å². The van der Waals surface area contributed by atoms with E-state index in [1.807, 2.05) is 30.1 Å². The predicted molar refractivity (Wildman–Crippen MR) is 129 cm³/mol. The summed E-state index contributed by atoms with van der Waals surface area (Å²) in [6, 6.07) is 8.40. The molecular weight excluding hydrogens is 461 g/mol. The maximum absolute atomic E-state index is 14.1. The average Bonchev–Trinajstić information content (AvgIpc) is 3.25. The van der Waals surface area contributed by atoms with Gasteiger partial charge in [-0.15, -0.1) is 0 Å². The number of benzene rings is 1. The van der Waals surface area contributed by atoms with E-state index in [0.717, 1.165) is 5.69 Å². The first kappa shape index (κ1) is 23.2. The fraction of sp³-hybridized carbons (Fsp3) is 0.217. The zero-order valence-electron chi connectivity index (χ0n) is 19.1. The first-order valence-corrected chi connectivity index (χ1v) is 10.7. The number of nitrogens with one attached hydrogen (secondary N) is 1. The molecule has 0 bridgehead atoms. The van der Waals surface area contributed by atoms with E-state index in [4.69, 9.17) is 16.3 Å². The SMILES string of the molecule is COc1cc(N(C)CC(=O)N(C)C)ccc1Nc1ncc(Cl)c(-c2cnc3c(F)cccn23)n1. The summed E-state index contributed by atoms with van der Waals surface area (Å²) in [6.07, 6.45) is 4.66. The molecule has 4 aromatic rings. The summed E-state index contributed by atoms with van der Waals surface area (Å²) in [5, 5.41) is 3.43. The summed E-state index contributed by atoms with van der Waals surface area (Å²) in [5.74, 6) is 0.351. The summed E-state index contributed by atoms with van der Waals surface area (Å²) in [5.41, 5.74) is 2.53. The zero-order valence-corrected chi connectivity index (χ0v) is 19.8. The third-order valence-electron chi connectivity index (χ3n) is 5.22. The lowest BCUT2D eigenvalue weighted by atomic mass is 10.2. The van der Waals surface area contributed by atoms with E-state index in [2.05, 4.69) is 20.3 Å². The Bertz CT molecular complexity index is 1360. The van der Waals surface area contributed by atoms with Crippen LogP contribution in [0.1, 0.15) is 0 Å². The van der Waals surface area contributed by atoms with E-state index in [1.165, 1.54) is 23.4 Å². The van der Waals surface area contributed by atoms with Crippen LogP contribution in [0.2, 0.25) is 5.02 Å². The number of anilines is 3. The molecule has 0 aliphatic carbocycles. The number of methoxy groups -OCH3 is 1. The number of ether oxygens (including phenoxy) is 1. The fourth-order valence-electron chi connectivity index (χ4n) is 3.34. The van der Waals surface area contributed by atoms with Crippen LogP contribution in [-0.2, 0) is 4.79 Å². The molecule has 1 amide bonds. The zero-order chi connectivity index (χ0) is 24.4. The van der Waals surface area contributed by atoms with Crippen LogP contribution in [-0.4, -0.2) is 65.0 Å². The lowest BCUT2D eigenvalue weighted by Crippen LogP contribution is -2.34. The van der Waals surface area contributed by atoms with Crippen LogP contribution in [0.5, 0.6) is 5.75 Å². The van der Waals surface area contributed by atoms with Gasteiger partial charge in [0.05, 0.1) is 42.5 Å². The van der Waals surface area contributed by atoms with Crippen LogP contribution in [0.25, 0.3) is 17.0 Å². The largest absolute Gasteiger partial charge is 0.494 e. The van der Waals surface area contributed by atoms with Gasteiger partial charge in [0.25, 0.3) is 0 Å². The van der Waals surface area contributed by atoms with E-state index in [-0.39, 0.29) is 24.0 Å². The summed E-state index contributed by atoms with van der Waals surface area (Å²) in [4.78, 5) is 28.3. The van der Waals surface area contributed by atoms with Crippen molar-refractivity contribution in [1.82, 2.24) is 24.3 Å². The van der Waals surface area contributed by atoms with E-state index in [0.29, 0.717) is 27.8 Å². The highest BCUT2D eigenvalue weighted by Gasteiger charge is 2.16. The number of likely N-dealkylation sites (N-methyl/N-ethyl adjacent to an activating group) is 2. The molecule has 0 spiro atoms. The highest BCUT2D eigenvalue weighted by Crippen LogP contribution is 2.33.